The van der Waals surface area contributed by atoms with E-state index in [1.54, 1.807) is 0 Å². The highest BCUT2D eigenvalue weighted by Gasteiger charge is 2.30. The van der Waals surface area contributed by atoms with E-state index in [-0.39, 0.29) is 0 Å². The molecule has 278 valence electrons. The molecule has 0 bridgehead atoms. The van der Waals surface area contributed by atoms with Crippen molar-refractivity contribution in [3.63, 3.8) is 0 Å². The van der Waals surface area contributed by atoms with Crippen LogP contribution in [0, 0.1) is 0 Å². The molecule has 0 aromatic heterocycles. The Balaban J connectivity index is 1.15. The van der Waals surface area contributed by atoms with E-state index in [1.165, 1.54) is 0 Å². The Kier molecular flexibility index (Phi) is 11.6. The first-order valence-corrected chi connectivity index (χ1v) is 18.8. The van der Waals surface area contributed by atoms with Crippen LogP contribution in [-0.2, 0) is 37.8 Å². The molecule has 7 aromatic rings. The SMILES string of the molecule is C1=C(OCc2ccccc2)[C@H](c2ccc(OCc3ccccc3)c(OCc3ccccc3)c2)Oc2cc(OCc3ccccc3)cc(OCc3ccccc3)c21. The molecule has 0 saturated carbocycles. The first kappa shape index (κ1) is 36.1. The normalized spacial score (nSPS) is 13.1. The smallest absolute Gasteiger partial charge is 0.181 e. The number of hydrogen-bond acceptors (Lipinski definition) is 6. The Bertz CT molecular complexity index is 2330. The van der Waals surface area contributed by atoms with Crippen LogP contribution >= 0.6 is 0 Å². The third kappa shape index (κ3) is 9.41. The van der Waals surface area contributed by atoms with Gasteiger partial charge in [0.15, 0.2) is 17.6 Å². The maximum atomic E-state index is 6.94. The predicted molar refractivity (Wildman–Crippen MR) is 219 cm³/mol. The lowest BCUT2D eigenvalue weighted by Crippen LogP contribution is -2.18. The number of hydrogen-bond donors (Lipinski definition) is 0. The summed E-state index contributed by atoms with van der Waals surface area (Å²) in [4.78, 5) is 0. The van der Waals surface area contributed by atoms with E-state index in [0.717, 1.165) is 38.9 Å². The van der Waals surface area contributed by atoms with Crippen molar-refractivity contribution in [3.05, 3.63) is 227 Å². The summed E-state index contributed by atoms with van der Waals surface area (Å²) in [6.45, 7) is 1.90. The third-order valence-corrected chi connectivity index (χ3v) is 9.35. The Morgan fingerprint density at radius 2 is 0.804 bits per heavy atom. The monoisotopic (exact) mass is 738 g/mol. The molecule has 8 rings (SSSR count). The van der Waals surface area contributed by atoms with Crippen molar-refractivity contribution in [1.82, 2.24) is 0 Å². The second-order valence-electron chi connectivity index (χ2n) is 13.5. The maximum Gasteiger partial charge on any atom is 0.181 e. The Hall–Kier alpha value is -6.92. The van der Waals surface area contributed by atoms with Crippen LogP contribution in [0.15, 0.2) is 188 Å². The lowest BCUT2D eigenvalue weighted by atomic mass is 10.0. The van der Waals surface area contributed by atoms with Crippen LogP contribution in [0.4, 0.5) is 0 Å². The molecule has 0 amide bonds. The van der Waals surface area contributed by atoms with Crippen molar-refractivity contribution >= 4 is 6.08 Å². The molecule has 0 aliphatic carbocycles. The molecule has 0 radical (unpaired) electrons. The van der Waals surface area contributed by atoms with Crippen LogP contribution in [0.25, 0.3) is 6.08 Å². The summed E-state index contributed by atoms with van der Waals surface area (Å²) < 4.78 is 39.3. The van der Waals surface area contributed by atoms with Gasteiger partial charge in [-0.25, -0.2) is 0 Å². The topological polar surface area (TPSA) is 55.4 Å². The molecular formula is C50H42O6. The van der Waals surface area contributed by atoms with Crippen molar-refractivity contribution in [2.45, 2.75) is 39.1 Å². The minimum atomic E-state index is -0.611. The molecular weight excluding hydrogens is 697 g/mol. The van der Waals surface area contributed by atoms with Crippen molar-refractivity contribution in [1.29, 1.82) is 0 Å². The van der Waals surface area contributed by atoms with Crippen molar-refractivity contribution < 1.29 is 28.4 Å². The number of rotatable bonds is 16. The summed E-state index contributed by atoms with van der Waals surface area (Å²) in [5.74, 6) is 3.75. The highest BCUT2D eigenvalue weighted by molar-refractivity contribution is 5.70. The molecule has 0 saturated heterocycles. The average Bonchev–Trinajstić information content (AvgIpc) is 3.27. The van der Waals surface area contributed by atoms with Gasteiger partial charge in [-0.1, -0.05) is 158 Å². The molecule has 0 spiro atoms. The molecule has 56 heavy (non-hydrogen) atoms. The third-order valence-electron chi connectivity index (χ3n) is 9.35. The van der Waals surface area contributed by atoms with E-state index in [0.29, 0.717) is 67.5 Å². The van der Waals surface area contributed by atoms with Gasteiger partial charge in [0.2, 0.25) is 0 Å². The largest absolute Gasteiger partial charge is 0.489 e. The fourth-order valence-corrected chi connectivity index (χ4v) is 6.38. The van der Waals surface area contributed by atoms with Gasteiger partial charge in [-0.3, -0.25) is 0 Å². The highest BCUT2D eigenvalue weighted by atomic mass is 16.5. The average molecular weight is 739 g/mol. The van der Waals surface area contributed by atoms with Crippen LogP contribution < -0.4 is 23.7 Å². The zero-order chi connectivity index (χ0) is 37.8. The minimum absolute atomic E-state index is 0.357. The van der Waals surface area contributed by atoms with Gasteiger partial charge in [0.25, 0.3) is 0 Å². The van der Waals surface area contributed by atoms with Gasteiger partial charge in [-0.15, -0.1) is 0 Å². The molecule has 6 nitrogen and oxygen atoms in total. The summed E-state index contributed by atoms with van der Waals surface area (Å²) in [6.07, 6.45) is 1.41. The first-order valence-electron chi connectivity index (χ1n) is 18.8. The quantitative estimate of drug-likeness (QED) is 0.0984. The molecule has 1 aliphatic heterocycles. The van der Waals surface area contributed by atoms with Crippen LogP contribution in [-0.4, -0.2) is 0 Å². The van der Waals surface area contributed by atoms with Gasteiger partial charge in [0.05, 0.1) is 5.56 Å². The molecule has 1 atom stereocenters. The summed E-state index contributed by atoms with van der Waals surface area (Å²) >= 11 is 0. The number of ether oxygens (including phenoxy) is 6. The zero-order valence-electron chi connectivity index (χ0n) is 31.0. The molecule has 0 unspecified atom stereocenters. The lowest BCUT2D eigenvalue weighted by Gasteiger charge is -2.29. The van der Waals surface area contributed by atoms with Gasteiger partial charge in [0.1, 0.15) is 56.0 Å². The van der Waals surface area contributed by atoms with E-state index in [9.17, 15) is 0 Å². The van der Waals surface area contributed by atoms with Gasteiger partial charge < -0.3 is 28.4 Å². The molecule has 7 aromatic carbocycles. The predicted octanol–water partition coefficient (Wildman–Crippen LogP) is 11.7. The Morgan fingerprint density at radius 1 is 0.375 bits per heavy atom. The van der Waals surface area contributed by atoms with E-state index in [4.69, 9.17) is 28.4 Å². The van der Waals surface area contributed by atoms with E-state index in [1.807, 2.05) is 188 Å². The summed E-state index contributed by atoms with van der Waals surface area (Å²) in [5.41, 5.74) is 6.88. The first-order chi connectivity index (χ1) is 27.7. The van der Waals surface area contributed by atoms with Gasteiger partial charge in [-0.2, -0.15) is 0 Å². The Labute approximate surface area is 328 Å². The molecule has 1 aliphatic rings. The summed E-state index contributed by atoms with van der Waals surface area (Å²) in [7, 11) is 0. The molecule has 1 heterocycles. The fraction of sp³-hybridized carbons (Fsp3) is 0.120. The fourth-order valence-electron chi connectivity index (χ4n) is 6.38. The standard InChI is InChI=1S/C50H42O6/c1-6-16-37(17-7-1)32-51-43-29-46(53-34-39-20-10-3-11-21-39)44-31-49(55-36-41-24-14-5-15-25-41)50(56-47(44)30-43)42-26-27-45(52-33-38-18-8-2-9-19-38)48(28-42)54-35-40-22-12-4-13-23-40/h1-31,50H,32-36H2/t50-/m0/s1. The highest BCUT2D eigenvalue weighted by Crippen LogP contribution is 2.46. The van der Waals surface area contributed by atoms with Gasteiger partial charge >= 0.3 is 0 Å². The summed E-state index contributed by atoms with van der Waals surface area (Å²) in [5, 5.41) is 0. The molecule has 0 N–H and O–H groups in total. The number of fused-ring (bicyclic) bond motifs is 1. The Morgan fingerprint density at radius 3 is 1.30 bits per heavy atom. The van der Waals surface area contributed by atoms with Crippen molar-refractivity contribution in [2.75, 3.05) is 0 Å². The zero-order valence-corrected chi connectivity index (χ0v) is 31.0. The van der Waals surface area contributed by atoms with Gasteiger partial charge in [-0.05, 0) is 46.0 Å². The van der Waals surface area contributed by atoms with Crippen molar-refractivity contribution in [3.8, 4) is 28.7 Å². The lowest BCUT2D eigenvalue weighted by molar-refractivity contribution is 0.106. The molecule has 6 heteroatoms. The van der Waals surface area contributed by atoms with E-state index >= 15 is 0 Å². The van der Waals surface area contributed by atoms with Crippen molar-refractivity contribution in [2.24, 2.45) is 0 Å². The van der Waals surface area contributed by atoms with Crippen LogP contribution in [0.2, 0.25) is 0 Å². The maximum absolute atomic E-state index is 6.94. The second kappa shape index (κ2) is 17.9. The molecule has 0 fully saturated rings. The minimum Gasteiger partial charge on any atom is -0.489 e. The van der Waals surface area contributed by atoms with E-state index in [2.05, 4.69) is 0 Å². The van der Waals surface area contributed by atoms with Crippen LogP contribution in [0.5, 0.6) is 28.7 Å². The summed E-state index contributed by atoms with van der Waals surface area (Å²) in [6, 6.07) is 60.3. The van der Waals surface area contributed by atoms with E-state index < -0.39 is 6.10 Å². The second-order valence-corrected chi connectivity index (χ2v) is 13.5. The van der Waals surface area contributed by atoms with Crippen LogP contribution in [0.1, 0.15) is 45.0 Å². The van der Waals surface area contributed by atoms with Crippen LogP contribution in [0.3, 0.4) is 0 Å². The van der Waals surface area contributed by atoms with Gasteiger partial charge in [0, 0.05) is 17.7 Å². The number of benzene rings is 7.